The van der Waals surface area contributed by atoms with E-state index in [0.29, 0.717) is 13.0 Å². The highest BCUT2D eigenvalue weighted by Crippen LogP contribution is 2.19. The van der Waals surface area contributed by atoms with Crippen LogP contribution in [0, 0.1) is 6.92 Å². The van der Waals surface area contributed by atoms with E-state index in [4.69, 9.17) is 4.74 Å². The van der Waals surface area contributed by atoms with Crippen LogP contribution in [0.2, 0.25) is 0 Å². The van der Waals surface area contributed by atoms with Gasteiger partial charge in [0, 0.05) is 20.0 Å². The summed E-state index contributed by atoms with van der Waals surface area (Å²) in [7, 11) is 5.41. The summed E-state index contributed by atoms with van der Waals surface area (Å²) in [6.07, 6.45) is 1.47. The number of ether oxygens (including phenoxy) is 1. The lowest BCUT2D eigenvalue weighted by Crippen LogP contribution is -2.26. The molecule has 1 amide bonds. The number of nitrogens with one attached hydrogen (secondary N) is 1. The number of rotatable bonds is 7. The van der Waals surface area contributed by atoms with Crippen molar-refractivity contribution in [3.8, 4) is 5.75 Å². The molecule has 0 heterocycles. The molecule has 0 unspecified atom stereocenters. The summed E-state index contributed by atoms with van der Waals surface area (Å²) in [5.74, 6) is 1.07. The predicted molar refractivity (Wildman–Crippen MR) is 77.4 cm³/mol. The van der Waals surface area contributed by atoms with Crippen LogP contribution in [0.15, 0.2) is 18.2 Å². The lowest BCUT2D eigenvalue weighted by molar-refractivity contribution is -0.130. The summed E-state index contributed by atoms with van der Waals surface area (Å²) >= 11 is 0. The molecule has 1 aromatic carbocycles. The summed E-state index contributed by atoms with van der Waals surface area (Å²) in [6.45, 7) is 3.53. The average Bonchev–Trinajstić information content (AvgIpc) is 2.39. The van der Waals surface area contributed by atoms with Crippen molar-refractivity contribution < 1.29 is 9.53 Å². The Labute approximate surface area is 115 Å². The Balaban J connectivity index is 2.54. The fourth-order valence-corrected chi connectivity index (χ4v) is 2.01. The van der Waals surface area contributed by atoms with Gasteiger partial charge in [-0.1, -0.05) is 12.1 Å². The largest absolute Gasteiger partial charge is 0.496 e. The minimum absolute atomic E-state index is 0.184. The molecule has 0 bridgehead atoms. The molecule has 0 spiro atoms. The first-order valence-corrected chi connectivity index (χ1v) is 6.60. The van der Waals surface area contributed by atoms with Gasteiger partial charge in [-0.05, 0) is 44.1 Å². The lowest BCUT2D eigenvalue weighted by Gasteiger charge is -2.18. The fourth-order valence-electron chi connectivity index (χ4n) is 2.01. The van der Waals surface area contributed by atoms with E-state index in [2.05, 4.69) is 11.4 Å². The number of aryl methyl sites for hydroxylation is 1. The van der Waals surface area contributed by atoms with Gasteiger partial charge in [0.05, 0.1) is 7.11 Å². The third-order valence-electron chi connectivity index (χ3n) is 3.12. The number of carbonyl (C=O) groups is 1. The molecule has 0 saturated carbocycles. The van der Waals surface area contributed by atoms with Gasteiger partial charge in [-0.3, -0.25) is 4.79 Å². The molecule has 1 rings (SSSR count). The first kappa shape index (κ1) is 15.5. The van der Waals surface area contributed by atoms with Gasteiger partial charge < -0.3 is 15.0 Å². The van der Waals surface area contributed by atoms with E-state index in [0.717, 1.165) is 29.8 Å². The first-order valence-electron chi connectivity index (χ1n) is 6.60. The Morgan fingerprint density at radius 1 is 1.42 bits per heavy atom. The molecule has 0 saturated heterocycles. The third-order valence-corrected chi connectivity index (χ3v) is 3.12. The van der Waals surface area contributed by atoms with Gasteiger partial charge in [-0.15, -0.1) is 0 Å². The second-order valence-electron chi connectivity index (χ2n) is 4.76. The Morgan fingerprint density at radius 2 is 2.16 bits per heavy atom. The van der Waals surface area contributed by atoms with Crippen LogP contribution in [0.3, 0.4) is 0 Å². The highest BCUT2D eigenvalue weighted by molar-refractivity contribution is 5.75. The van der Waals surface area contributed by atoms with E-state index < -0.39 is 0 Å². The summed E-state index contributed by atoms with van der Waals surface area (Å²) < 4.78 is 5.23. The molecule has 0 aromatic heterocycles. The molecule has 106 valence electrons. The van der Waals surface area contributed by atoms with Crippen molar-refractivity contribution in [1.82, 2.24) is 10.2 Å². The highest BCUT2D eigenvalue weighted by atomic mass is 16.5. The molecular formula is C15H24N2O2. The molecule has 4 nitrogen and oxygen atoms in total. The molecule has 0 fully saturated rings. The van der Waals surface area contributed by atoms with Gasteiger partial charge in [0.1, 0.15) is 5.75 Å². The van der Waals surface area contributed by atoms with Crippen molar-refractivity contribution in [3.63, 3.8) is 0 Å². The topological polar surface area (TPSA) is 41.6 Å². The van der Waals surface area contributed by atoms with Crippen LogP contribution in [-0.4, -0.2) is 38.6 Å². The van der Waals surface area contributed by atoms with E-state index in [1.165, 1.54) is 0 Å². The number of amides is 1. The van der Waals surface area contributed by atoms with Gasteiger partial charge in [0.15, 0.2) is 0 Å². The van der Waals surface area contributed by atoms with Crippen LogP contribution in [-0.2, 0) is 11.3 Å². The number of benzene rings is 1. The number of carbonyl (C=O) groups excluding carboxylic acids is 1. The molecule has 1 N–H and O–H groups in total. The molecule has 0 aliphatic carbocycles. The number of methoxy groups -OCH3 is 1. The molecule has 0 radical (unpaired) electrons. The van der Waals surface area contributed by atoms with Crippen molar-refractivity contribution in [2.45, 2.75) is 26.3 Å². The standard InChI is InChI=1S/C15H24N2O2/c1-12-10-13(7-8-14(12)19-4)11-17(3)15(18)6-5-9-16-2/h7-8,10,16H,5-6,9,11H2,1-4H3. The Bertz CT molecular complexity index is 419. The Morgan fingerprint density at radius 3 is 2.74 bits per heavy atom. The molecule has 0 atom stereocenters. The summed E-state index contributed by atoms with van der Waals surface area (Å²) in [6, 6.07) is 6.02. The van der Waals surface area contributed by atoms with Crippen LogP contribution in [0.1, 0.15) is 24.0 Å². The second-order valence-corrected chi connectivity index (χ2v) is 4.76. The minimum atomic E-state index is 0.184. The zero-order valence-electron chi connectivity index (χ0n) is 12.3. The average molecular weight is 264 g/mol. The van der Waals surface area contributed by atoms with E-state index in [9.17, 15) is 4.79 Å². The van der Waals surface area contributed by atoms with Crippen LogP contribution < -0.4 is 10.1 Å². The molecule has 4 heteroatoms. The molecule has 1 aromatic rings. The van der Waals surface area contributed by atoms with Crippen LogP contribution in [0.5, 0.6) is 5.75 Å². The van der Waals surface area contributed by atoms with Crippen LogP contribution in [0.25, 0.3) is 0 Å². The second kappa shape index (κ2) is 7.79. The Hall–Kier alpha value is -1.55. The predicted octanol–water partition coefficient (Wildman–Crippen LogP) is 1.96. The normalized spacial score (nSPS) is 10.3. The van der Waals surface area contributed by atoms with Crippen molar-refractivity contribution in [3.05, 3.63) is 29.3 Å². The van der Waals surface area contributed by atoms with Crippen molar-refractivity contribution >= 4 is 5.91 Å². The molecular weight excluding hydrogens is 240 g/mol. The van der Waals surface area contributed by atoms with E-state index >= 15 is 0 Å². The zero-order chi connectivity index (χ0) is 14.3. The fraction of sp³-hybridized carbons (Fsp3) is 0.533. The Kier molecular flexibility index (Phi) is 6.36. The zero-order valence-corrected chi connectivity index (χ0v) is 12.3. The van der Waals surface area contributed by atoms with Crippen molar-refractivity contribution in [2.24, 2.45) is 0 Å². The van der Waals surface area contributed by atoms with Gasteiger partial charge >= 0.3 is 0 Å². The molecule has 0 aliphatic rings. The quantitative estimate of drug-likeness (QED) is 0.765. The third kappa shape index (κ3) is 4.91. The van der Waals surface area contributed by atoms with Gasteiger partial charge in [-0.25, -0.2) is 0 Å². The maximum absolute atomic E-state index is 11.9. The first-order chi connectivity index (χ1) is 9.08. The summed E-state index contributed by atoms with van der Waals surface area (Å²) in [5, 5.41) is 3.05. The van der Waals surface area contributed by atoms with Crippen molar-refractivity contribution in [1.29, 1.82) is 0 Å². The number of hydrogen-bond donors (Lipinski definition) is 1. The summed E-state index contributed by atoms with van der Waals surface area (Å²) in [4.78, 5) is 13.7. The van der Waals surface area contributed by atoms with E-state index in [-0.39, 0.29) is 5.91 Å². The number of nitrogens with zero attached hydrogens (tertiary/aromatic N) is 1. The van der Waals surface area contributed by atoms with Crippen molar-refractivity contribution in [2.75, 3.05) is 27.7 Å². The van der Waals surface area contributed by atoms with Gasteiger partial charge in [0.2, 0.25) is 5.91 Å². The maximum Gasteiger partial charge on any atom is 0.222 e. The molecule has 19 heavy (non-hydrogen) atoms. The minimum Gasteiger partial charge on any atom is -0.496 e. The van der Waals surface area contributed by atoms with E-state index in [1.54, 1.807) is 12.0 Å². The SMILES string of the molecule is CNCCCC(=O)N(C)Cc1ccc(OC)c(C)c1. The molecule has 0 aliphatic heterocycles. The highest BCUT2D eigenvalue weighted by Gasteiger charge is 2.09. The van der Waals surface area contributed by atoms with Gasteiger partial charge in [0.25, 0.3) is 0 Å². The summed E-state index contributed by atoms with van der Waals surface area (Å²) in [5.41, 5.74) is 2.22. The van der Waals surface area contributed by atoms with E-state index in [1.807, 2.05) is 33.2 Å². The monoisotopic (exact) mass is 264 g/mol. The smallest absolute Gasteiger partial charge is 0.222 e. The lowest BCUT2D eigenvalue weighted by atomic mass is 10.1. The number of hydrogen-bond acceptors (Lipinski definition) is 3. The maximum atomic E-state index is 11.9. The van der Waals surface area contributed by atoms with Crippen LogP contribution in [0.4, 0.5) is 0 Å². The van der Waals surface area contributed by atoms with Crippen LogP contribution >= 0.6 is 0 Å². The van der Waals surface area contributed by atoms with Gasteiger partial charge in [-0.2, -0.15) is 0 Å².